The van der Waals surface area contributed by atoms with Gasteiger partial charge in [-0.3, -0.25) is 5.10 Å². The van der Waals surface area contributed by atoms with Crippen molar-refractivity contribution in [2.75, 3.05) is 23.3 Å². The molecule has 2 N–H and O–H groups in total. The van der Waals surface area contributed by atoms with Crippen LogP contribution in [0.3, 0.4) is 0 Å². The number of fused-ring (bicyclic) bond motifs is 1. The number of anilines is 3. The second-order valence-corrected chi connectivity index (χ2v) is 6.23. The predicted octanol–water partition coefficient (Wildman–Crippen LogP) is 4.92. The summed E-state index contributed by atoms with van der Waals surface area (Å²) in [6.07, 6.45) is 5.83. The molecule has 132 valence electrons. The van der Waals surface area contributed by atoms with Crippen molar-refractivity contribution in [2.45, 2.75) is 13.8 Å². The van der Waals surface area contributed by atoms with Gasteiger partial charge in [0, 0.05) is 42.4 Å². The van der Waals surface area contributed by atoms with Gasteiger partial charge in [0.15, 0.2) is 0 Å². The third kappa shape index (κ3) is 2.92. The lowest BCUT2D eigenvalue weighted by molar-refractivity contribution is 0.866. The molecule has 0 saturated heterocycles. The number of hydrogen-bond acceptors (Lipinski definition) is 3. The van der Waals surface area contributed by atoms with Crippen LogP contribution in [0.25, 0.3) is 16.8 Å². The number of aromatic nitrogens is 3. The van der Waals surface area contributed by atoms with Gasteiger partial charge in [-0.15, -0.1) is 0 Å². The number of H-pyrrole nitrogens is 1. The van der Waals surface area contributed by atoms with E-state index in [-0.39, 0.29) is 0 Å². The molecule has 0 saturated carbocycles. The molecule has 26 heavy (non-hydrogen) atoms. The highest BCUT2D eigenvalue weighted by Crippen LogP contribution is 2.29. The molecule has 0 aliphatic rings. The van der Waals surface area contributed by atoms with Crippen LogP contribution in [0.1, 0.15) is 13.8 Å². The third-order valence-electron chi connectivity index (χ3n) is 4.74. The first-order chi connectivity index (χ1) is 12.8. The van der Waals surface area contributed by atoms with Gasteiger partial charge in [0.25, 0.3) is 0 Å². The summed E-state index contributed by atoms with van der Waals surface area (Å²) in [6, 6.07) is 17.0. The molecule has 4 aromatic rings. The van der Waals surface area contributed by atoms with Crippen molar-refractivity contribution in [3.8, 4) is 11.3 Å². The fourth-order valence-electron chi connectivity index (χ4n) is 3.40. The first-order valence-corrected chi connectivity index (χ1v) is 9.01. The molecule has 0 spiro atoms. The SMILES string of the molecule is CCN(CC)c1cccc(Nc2cccn3c(-c4cn[nH]c4)ccc23)c1. The highest BCUT2D eigenvalue weighted by atomic mass is 15.1. The van der Waals surface area contributed by atoms with Crippen LogP contribution in [0.2, 0.25) is 0 Å². The summed E-state index contributed by atoms with van der Waals surface area (Å²) in [5.41, 5.74) is 6.74. The van der Waals surface area contributed by atoms with E-state index in [4.69, 9.17) is 0 Å². The number of aromatic amines is 1. The Bertz CT molecular complexity index is 996. The second kappa shape index (κ2) is 6.96. The maximum atomic E-state index is 4.06. The van der Waals surface area contributed by atoms with E-state index in [1.807, 2.05) is 12.4 Å². The third-order valence-corrected chi connectivity index (χ3v) is 4.74. The van der Waals surface area contributed by atoms with E-state index >= 15 is 0 Å². The molecule has 0 bridgehead atoms. The van der Waals surface area contributed by atoms with Crippen LogP contribution < -0.4 is 10.2 Å². The number of rotatable bonds is 6. The highest BCUT2D eigenvalue weighted by Gasteiger charge is 2.09. The number of benzene rings is 1. The fraction of sp³-hybridized carbons (Fsp3) is 0.190. The fourth-order valence-corrected chi connectivity index (χ4v) is 3.40. The summed E-state index contributed by atoms with van der Waals surface area (Å²) >= 11 is 0. The minimum atomic E-state index is 1.00. The van der Waals surface area contributed by atoms with Gasteiger partial charge < -0.3 is 14.6 Å². The number of pyridine rings is 1. The number of hydrogen-bond donors (Lipinski definition) is 2. The number of nitrogens with zero attached hydrogens (tertiary/aromatic N) is 3. The van der Waals surface area contributed by atoms with Crippen molar-refractivity contribution >= 4 is 22.6 Å². The average Bonchev–Trinajstić information content (AvgIpc) is 3.33. The molecule has 0 radical (unpaired) electrons. The molecule has 0 aliphatic carbocycles. The summed E-state index contributed by atoms with van der Waals surface area (Å²) in [6.45, 7) is 6.37. The van der Waals surface area contributed by atoms with Crippen molar-refractivity contribution in [3.63, 3.8) is 0 Å². The number of nitrogens with one attached hydrogen (secondary N) is 2. The van der Waals surface area contributed by atoms with E-state index in [1.165, 1.54) is 5.69 Å². The lowest BCUT2D eigenvalue weighted by Gasteiger charge is -2.22. The van der Waals surface area contributed by atoms with E-state index in [0.29, 0.717) is 0 Å². The van der Waals surface area contributed by atoms with E-state index < -0.39 is 0 Å². The topological polar surface area (TPSA) is 48.4 Å². The van der Waals surface area contributed by atoms with Crippen LogP contribution >= 0.6 is 0 Å². The molecule has 1 aromatic carbocycles. The summed E-state index contributed by atoms with van der Waals surface area (Å²) in [7, 11) is 0. The first-order valence-electron chi connectivity index (χ1n) is 9.01. The molecular weight excluding hydrogens is 322 g/mol. The standard InChI is InChI=1S/C21H23N5/c1-3-25(4-2)18-8-5-7-17(13-18)24-19-9-6-12-26-20(10-11-21(19)26)16-14-22-23-15-16/h5-15,24H,3-4H2,1-2H3,(H,22,23). The lowest BCUT2D eigenvalue weighted by Crippen LogP contribution is -2.21. The second-order valence-electron chi connectivity index (χ2n) is 6.23. The smallest absolute Gasteiger partial charge is 0.0692 e. The normalized spacial score (nSPS) is 11.0. The van der Waals surface area contributed by atoms with E-state index in [2.05, 4.69) is 93.4 Å². The molecule has 4 rings (SSSR count). The zero-order chi connectivity index (χ0) is 17.9. The Kier molecular flexibility index (Phi) is 4.35. The maximum absolute atomic E-state index is 4.06. The minimum Gasteiger partial charge on any atom is -0.372 e. The van der Waals surface area contributed by atoms with Gasteiger partial charge >= 0.3 is 0 Å². The lowest BCUT2D eigenvalue weighted by atomic mass is 10.2. The maximum Gasteiger partial charge on any atom is 0.0692 e. The van der Waals surface area contributed by atoms with Gasteiger partial charge in [0.1, 0.15) is 0 Å². The Balaban J connectivity index is 1.69. The van der Waals surface area contributed by atoms with Gasteiger partial charge in [-0.05, 0) is 56.3 Å². The van der Waals surface area contributed by atoms with Gasteiger partial charge in [-0.25, -0.2) is 0 Å². The average molecular weight is 345 g/mol. The highest BCUT2D eigenvalue weighted by molar-refractivity contribution is 5.81. The zero-order valence-electron chi connectivity index (χ0n) is 15.1. The molecule has 0 fully saturated rings. The quantitative estimate of drug-likeness (QED) is 0.521. The van der Waals surface area contributed by atoms with Gasteiger partial charge in [-0.2, -0.15) is 5.10 Å². The Labute approximate surface area is 153 Å². The minimum absolute atomic E-state index is 1.00. The molecule has 0 amide bonds. The first kappa shape index (κ1) is 16.3. The van der Waals surface area contributed by atoms with Crippen molar-refractivity contribution in [2.24, 2.45) is 0 Å². The summed E-state index contributed by atoms with van der Waals surface area (Å²) in [5.74, 6) is 0. The van der Waals surface area contributed by atoms with Gasteiger partial charge in [-0.1, -0.05) is 6.07 Å². The van der Waals surface area contributed by atoms with Crippen LogP contribution in [-0.2, 0) is 0 Å². The molecule has 0 aliphatic heterocycles. The van der Waals surface area contributed by atoms with Crippen LogP contribution in [0.15, 0.2) is 67.1 Å². The predicted molar refractivity (Wildman–Crippen MR) is 108 cm³/mol. The largest absolute Gasteiger partial charge is 0.372 e. The zero-order valence-corrected chi connectivity index (χ0v) is 15.1. The van der Waals surface area contributed by atoms with Crippen LogP contribution in [0.4, 0.5) is 17.1 Å². The Morgan fingerprint density at radius 2 is 1.96 bits per heavy atom. The van der Waals surface area contributed by atoms with Crippen molar-refractivity contribution < 1.29 is 0 Å². The van der Waals surface area contributed by atoms with Crippen molar-refractivity contribution in [1.29, 1.82) is 0 Å². The Hall–Kier alpha value is -3.21. The Morgan fingerprint density at radius 1 is 1.08 bits per heavy atom. The summed E-state index contributed by atoms with van der Waals surface area (Å²) in [4.78, 5) is 2.35. The van der Waals surface area contributed by atoms with E-state index in [0.717, 1.165) is 41.2 Å². The molecule has 5 heteroatoms. The summed E-state index contributed by atoms with van der Waals surface area (Å²) in [5, 5.41) is 10.5. The summed E-state index contributed by atoms with van der Waals surface area (Å²) < 4.78 is 2.18. The van der Waals surface area contributed by atoms with Crippen molar-refractivity contribution in [1.82, 2.24) is 14.6 Å². The molecule has 0 atom stereocenters. The van der Waals surface area contributed by atoms with E-state index in [9.17, 15) is 0 Å². The molecule has 0 unspecified atom stereocenters. The van der Waals surface area contributed by atoms with Gasteiger partial charge in [0.2, 0.25) is 0 Å². The van der Waals surface area contributed by atoms with Crippen LogP contribution in [-0.4, -0.2) is 27.7 Å². The molecule has 5 nitrogen and oxygen atoms in total. The molecule has 3 aromatic heterocycles. The van der Waals surface area contributed by atoms with Crippen molar-refractivity contribution in [3.05, 3.63) is 67.1 Å². The van der Waals surface area contributed by atoms with Crippen LogP contribution in [0.5, 0.6) is 0 Å². The van der Waals surface area contributed by atoms with E-state index in [1.54, 1.807) is 0 Å². The van der Waals surface area contributed by atoms with Crippen LogP contribution in [0, 0.1) is 0 Å². The van der Waals surface area contributed by atoms with Gasteiger partial charge in [0.05, 0.1) is 23.1 Å². The monoisotopic (exact) mass is 345 g/mol. The molecule has 3 heterocycles. The Morgan fingerprint density at radius 3 is 2.73 bits per heavy atom. The molecular formula is C21H23N5.